The topological polar surface area (TPSA) is 100 Å². The van der Waals surface area contributed by atoms with Crippen LogP contribution >= 0.6 is 11.6 Å². The molecule has 3 N–H and O–H groups in total. The highest BCUT2D eigenvalue weighted by molar-refractivity contribution is 6.33. The van der Waals surface area contributed by atoms with Crippen molar-refractivity contribution >= 4 is 52.1 Å². The van der Waals surface area contributed by atoms with Crippen molar-refractivity contribution in [1.29, 1.82) is 0 Å². The van der Waals surface area contributed by atoms with Gasteiger partial charge in [0.1, 0.15) is 5.54 Å². The van der Waals surface area contributed by atoms with Crippen LogP contribution in [0.1, 0.15) is 73.4 Å². The fourth-order valence-electron chi connectivity index (χ4n) is 5.94. The van der Waals surface area contributed by atoms with E-state index < -0.39 is 11.5 Å². The normalized spacial score (nSPS) is 14.2. The van der Waals surface area contributed by atoms with Crippen LogP contribution in [0.3, 0.4) is 0 Å². The van der Waals surface area contributed by atoms with Gasteiger partial charge in [-0.05, 0) is 80.1 Å². The summed E-state index contributed by atoms with van der Waals surface area (Å²) in [6, 6.07) is 20.4. The quantitative estimate of drug-likeness (QED) is 0.180. The number of halogens is 1. The van der Waals surface area contributed by atoms with E-state index in [1.807, 2.05) is 43.4 Å². The van der Waals surface area contributed by atoms with E-state index in [4.69, 9.17) is 16.7 Å². The van der Waals surface area contributed by atoms with Crippen molar-refractivity contribution in [2.24, 2.45) is 7.05 Å². The highest BCUT2D eigenvalue weighted by Crippen LogP contribution is 2.45. The first-order valence-electron chi connectivity index (χ1n) is 14.6. The molecule has 1 aliphatic rings. The summed E-state index contributed by atoms with van der Waals surface area (Å²) in [6.45, 7) is 3.31. The van der Waals surface area contributed by atoms with Crippen LogP contribution in [0.4, 0.5) is 5.69 Å². The largest absolute Gasteiger partial charge is 0.478 e. The number of rotatable bonds is 8. The standard InChI is InChI=1S/C35H36ClN3O4/c1-35(2,34(43)37-25-17-13-22(14-18-25)15-20-30(40)41)38-33(42)24-16-19-27-29(21-24)39(3)32(26-11-7-8-12-28(26)36)31(27)23-9-5-4-6-10-23/h7-8,11-21,23H,4-6,9-10H2,1-3H3,(H,37,43)(H,38,42)(H,40,41)/b20-15+. The zero-order valence-corrected chi connectivity index (χ0v) is 25.4. The molecule has 2 amide bonds. The molecule has 0 radical (unpaired) electrons. The lowest BCUT2D eigenvalue weighted by Crippen LogP contribution is -2.52. The Kier molecular flexibility index (Phi) is 8.74. The number of aliphatic carboxylic acids is 1. The lowest BCUT2D eigenvalue weighted by atomic mass is 9.81. The third kappa shape index (κ3) is 6.52. The molecule has 0 bridgehead atoms. The number of carboxylic acid groups (broad SMARTS) is 1. The Morgan fingerprint density at radius 2 is 1.67 bits per heavy atom. The minimum Gasteiger partial charge on any atom is -0.478 e. The van der Waals surface area contributed by atoms with Gasteiger partial charge in [-0.1, -0.05) is 67.3 Å². The van der Waals surface area contributed by atoms with Crippen molar-refractivity contribution in [2.75, 3.05) is 5.32 Å². The van der Waals surface area contributed by atoms with E-state index in [0.29, 0.717) is 27.8 Å². The van der Waals surface area contributed by atoms with E-state index in [1.165, 1.54) is 30.9 Å². The van der Waals surface area contributed by atoms with E-state index in [2.05, 4.69) is 21.3 Å². The van der Waals surface area contributed by atoms with E-state index >= 15 is 0 Å². The maximum Gasteiger partial charge on any atom is 0.328 e. The minimum absolute atomic E-state index is 0.351. The van der Waals surface area contributed by atoms with Gasteiger partial charge in [-0.3, -0.25) is 9.59 Å². The summed E-state index contributed by atoms with van der Waals surface area (Å²) in [7, 11) is 2.02. The second kappa shape index (κ2) is 12.5. The molecule has 0 saturated heterocycles. The number of aromatic nitrogens is 1. The van der Waals surface area contributed by atoms with Gasteiger partial charge in [-0.15, -0.1) is 0 Å². The molecule has 0 unspecified atom stereocenters. The van der Waals surface area contributed by atoms with Crippen molar-refractivity contribution in [3.63, 3.8) is 0 Å². The number of hydrogen-bond acceptors (Lipinski definition) is 3. The molecule has 1 aromatic heterocycles. The van der Waals surface area contributed by atoms with Crippen molar-refractivity contribution in [3.05, 3.63) is 94.5 Å². The average molecular weight is 598 g/mol. The van der Waals surface area contributed by atoms with E-state index in [-0.39, 0.29) is 11.8 Å². The summed E-state index contributed by atoms with van der Waals surface area (Å²) >= 11 is 6.70. The summed E-state index contributed by atoms with van der Waals surface area (Å²) in [6.07, 6.45) is 8.43. The molecule has 1 fully saturated rings. The molecule has 0 atom stereocenters. The van der Waals surface area contributed by atoms with Gasteiger partial charge in [0.15, 0.2) is 0 Å². The van der Waals surface area contributed by atoms with Crippen molar-refractivity contribution in [2.45, 2.75) is 57.4 Å². The molecular weight excluding hydrogens is 562 g/mol. The maximum absolute atomic E-state index is 13.5. The monoisotopic (exact) mass is 597 g/mol. The first-order valence-corrected chi connectivity index (χ1v) is 14.9. The second-order valence-electron chi connectivity index (χ2n) is 11.7. The van der Waals surface area contributed by atoms with E-state index in [0.717, 1.165) is 41.1 Å². The summed E-state index contributed by atoms with van der Waals surface area (Å²) in [5.41, 5.74) is 4.79. The van der Waals surface area contributed by atoms with Crippen LogP contribution in [0.25, 0.3) is 28.2 Å². The molecule has 5 rings (SSSR count). The lowest BCUT2D eigenvalue weighted by Gasteiger charge is -2.25. The highest BCUT2D eigenvalue weighted by Gasteiger charge is 2.31. The molecule has 1 saturated carbocycles. The smallest absolute Gasteiger partial charge is 0.328 e. The number of hydrogen-bond donors (Lipinski definition) is 3. The number of anilines is 1. The molecular formula is C35H36ClN3O4. The SMILES string of the molecule is Cn1c(-c2ccccc2Cl)c(C2CCCCC2)c2ccc(C(=O)NC(C)(C)C(=O)Nc3ccc(/C=C/C(=O)O)cc3)cc21. The molecule has 222 valence electrons. The van der Waals surface area contributed by atoms with Crippen LogP contribution in [0.5, 0.6) is 0 Å². The number of benzene rings is 3. The molecule has 0 spiro atoms. The summed E-state index contributed by atoms with van der Waals surface area (Å²) in [5.74, 6) is -1.34. The van der Waals surface area contributed by atoms with Crippen LogP contribution in [-0.4, -0.2) is 33.0 Å². The molecule has 0 aliphatic heterocycles. The predicted molar refractivity (Wildman–Crippen MR) is 172 cm³/mol. The number of nitrogens with zero attached hydrogens (tertiary/aromatic N) is 1. The molecule has 3 aromatic carbocycles. The Hall–Kier alpha value is -4.36. The van der Waals surface area contributed by atoms with E-state index in [9.17, 15) is 14.4 Å². The predicted octanol–water partition coefficient (Wildman–Crippen LogP) is 7.79. The van der Waals surface area contributed by atoms with Crippen LogP contribution in [0, 0.1) is 0 Å². The molecule has 43 heavy (non-hydrogen) atoms. The van der Waals surface area contributed by atoms with Crippen LogP contribution in [0.15, 0.2) is 72.8 Å². The molecule has 1 heterocycles. The Morgan fingerprint density at radius 3 is 2.35 bits per heavy atom. The van der Waals surface area contributed by atoms with Gasteiger partial charge in [-0.25, -0.2) is 4.79 Å². The van der Waals surface area contributed by atoms with Crippen LogP contribution < -0.4 is 10.6 Å². The molecule has 7 nitrogen and oxygen atoms in total. The van der Waals surface area contributed by atoms with Gasteiger partial charge in [0.25, 0.3) is 5.91 Å². The van der Waals surface area contributed by atoms with Gasteiger partial charge in [-0.2, -0.15) is 0 Å². The number of amides is 2. The fourth-order valence-corrected chi connectivity index (χ4v) is 6.16. The molecule has 8 heteroatoms. The molecule has 1 aliphatic carbocycles. The van der Waals surface area contributed by atoms with E-state index in [1.54, 1.807) is 38.1 Å². The third-order valence-electron chi connectivity index (χ3n) is 8.22. The van der Waals surface area contributed by atoms with Crippen LogP contribution in [-0.2, 0) is 16.6 Å². The second-order valence-corrected chi connectivity index (χ2v) is 12.1. The maximum atomic E-state index is 13.5. The van der Waals surface area contributed by atoms with Gasteiger partial charge in [0.05, 0.1) is 5.69 Å². The minimum atomic E-state index is -1.21. The number of carbonyl (C=O) groups excluding carboxylic acids is 2. The first kappa shape index (κ1) is 30.1. The Labute approximate surface area is 256 Å². The third-order valence-corrected chi connectivity index (χ3v) is 8.55. The van der Waals surface area contributed by atoms with Gasteiger partial charge >= 0.3 is 5.97 Å². The van der Waals surface area contributed by atoms with Crippen molar-refractivity contribution in [1.82, 2.24) is 9.88 Å². The number of carboxylic acids is 1. The Balaban J connectivity index is 1.40. The van der Waals surface area contributed by atoms with Gasteiger partial charge in [0.2, 0.25) is 5.91 Å². The number of fused-ring (bicyclic) bond motifs is 1. The number of carbonyl (C=O) groups is 3. The fraction of sp³-hybridized carbons (Fsp3) is 0.286. The first-order chi connectivity index (χ1) is 20.5. The highest BCUT2D eigenvalue weighted by atomic mass is 35.5. The number of nitrogens with one attached hydrogen (secondary N) is 2. The summed E-state index contributed by atoms with van der Waals surface area (Å²) in [4.78, 5) is 37.4. The lowest BCUT2D eigenvalue weighted by molar-refractivity contribution is -0.131. The van der Waals surface area contributed by atoms with Gasteiger partial charge in [0, 0.05) is 45.9 Å². The Bertz CT molecular complexity index is 1710. The Morgan fingerprint density at radius 1 is 0.977 bits per heavy atom. The average Bonchev–Trinajstić information content (AvgIpc) is 3.28. The summed E-state index contributed by atoms with van der Waals surface area (Å²) in [5, 5.41) is 16.3. The zero-order chi connectivity index (χ0) is 30.7. The summed E-state index contributed by atoms with van der Waals surface area (Å²) < 4.78 is 2.14. The van der Waals surface area contributed by atoms with Gasteiger partial charge < -0.3 is 20.3 Å². The zero-order valence-electron chi connectivity index (χ0n) is 24.6. The molecule has 4 aromatic rings. The van der Waals surface area contributed by atoms with Crippen LogP contribution in [0.2, 0.25) is 5.02 Å². The number of aryl methyl sites for hydroxylation is 1. The van der Waals surface area contributed by atoms with Crippen molar-refractivity contribution in [3.8, 4) is 11.3 Å². The van der Waals surface area contributed by atoms with Crippen molar-refractivity contribution < 1.29 is 19.5 Å².